The fourth-order valence-electron chi connectivity index (χ4n) is 3.77. The first kappa shape index (κ1) is 20.3. The first-order valence-electron chi connectivity index (χ1n) is 10.2. The van der Waals surface area contributed by atoms with Crippen LogP contribution in [0.1, 0.15) is 31.6 Å². The second-order valence-electron chi connectivity index (χ2n) is 7.59. The first-order valence-corrected chi connectivity index (χ1v) is 10.2. The molecule has 8 heteroatoms. The molecule has 1 fully saturated rings. The van der Waals surface area contributed by atoms with Crippen molar-refractivity contribution in [3.8, 4) is 11.5 Å². The summed E-state index contributed by atoms with van der Waals surface area (Å²) < 4.78 is 21.3. The minimum absolute atomic E-state index is 0.302. The van der Waals surface area contributed by atoms with Crippen LogP contribution in [0.4, 0.5) is 4.39 Å². The van der Waals surface area contributed by atoms with Crippen molar-refractivity contribution >= 4 is 16.9 Å². The third kappa shape index (κ3) is 4.44. The number of hydrogen-bond donors (Lipinski definition) is 3. The van der Waals surface area contributed by atoms with E-state index in [2.05, 4.69) is 15.2 Å². The Balaban J connectivity index is 1.67. The number of primary amides is 1. The van der Waals surface area contributed by atoms with Crippen LogP contribution in [0.3, 0.4) is 0 Å². The number of imidazole rings is 1. The molecule has 4 N–H and O–H groups in total. The second kappa shape index (κ2) is 8.81. The number of nitrogens with two attached hydrogens (primary N) is 1. The summed E-state index contributed by atoms with van der Waals surface area (Å²) in [7, 11) is 0. The molecule has 1 aliphatic rings. The summed E-state index contributed by atoms with van der Waals surface area (Å²) in [6.07, 6.45) is 1.99. The lowest BCUT2D eigenvalue weighted by molar-refractivity contribution is -0.119. The molecular formula is C22H26FN5O2. The lowest BCUT2D eigenvalue weighted by Crippen LogP contribution is -2.39. The molecule has 1 saturated heterocycles. The van der Waals surface area contributed by atoms with Gasteiger partial charge in [0.2, 0.25) is 5.91 Å². The van der Waals surface area contributed by atoms with Gasteiger partial charge in [0, 0.05) is 12.1 Å². The number of carbonyl (C=O) groups is 1. The summed E-state index contributed by atoms with van der Waals surface area (Å²) in [6, 6.07) is 11.6. The Bertz CT molecular complexity index is 1030. The molecule has 4 rings (SSSR count). The lowest BCUT2D eigenvalue weighted by Gasteiger charge is -2.26. The molecule has 0 radical (unpaired) electrons. The van der Waals surface area contributed by atoms with E-state index < -0.39 is 11.9 Å². The highest BCUT2D eigenvalue weighted by molar-refractivity contribution is 5.79. The fourth-order valence-corrected chi connectivity index (χ4v) is 3.77. The number of fused-ring (bicyclic) bond motifs is 1. The van der Waals surface area contributed by atoms with Gasteiger partial charge in [-0.1, -0.05) is 0 Å². The van der Waals surface area contributed by atoms with Gasteiger partial charge in [0.1, 0.15) is 23.1 Å². The largest absolute Gasteiger partial charge is 0.457 e. The third-order valence-electron chi connectivity index (χ3n) is 5.45. The molecule has 2 aromatic carbocycles. The van der Waals surface area contributed by atoms with E-state index in [4.69, 9.17) is 15.5 Å². The zero-order chi connectivity index (χ0) is 21.1. The molecule has 0 aliphatic carbocycles. The number of piperidine rings is 1. The predicted molar refractivity (Wildman–Crippen MR) is 113 cm³/mol. The van der Waals surface area contributed by atoms with Crippen LogP contribution in [0.2, 0.25) is 0 Å². The van der Waals surface area contributed by atoms with Gasteiger partial charge in [-0.25, -0.2) is 9.37 Å². The van der Waals surface area contributed by atoms with Crippen molar-refractivity contribution in [1.82, 2.24) is 20.2 Å². The van der Waals surface area contributed by atoms with Gasteiger partial charge in [0.25, 0.3) is 0 Å². The maximum atomic E-state index is 13.2. The highest BCUT2D eigenvalue weighted by Crippen LogP contribution is 2.31. The van der Waals surface area contributed by atoms with Crippen molar-refractivity contribution in [3.05, 3.63) is 54.1 Å². The van der Waals surface area contributed by atoms with Crippen LogP contribution in [0, 0.1) is 5.82 Å². The molecule has 0 saturated carbocycles. The molecule has 0 spiro atoms. The molecule has 1 aliphatic heterocycles. The minimum Gasteiger partial charge on any atom is -0.457 e. The standard InChI is InChI=1S/C22H26FN5O2/c1-14(22(24)29)26-13-21-27-19-7-6-18(30-17-4-2-15(23)3-5-17)12-20(19)28(21)16-8-10-25-11-9-16/h2-7,12,14,16,25-26H,8-11,13H2,1H3,(H2,24,29)/t14-/m0/s1. The first-order chi connectivity index (χ1) is 14.5. The van der Waals surface area contributed by atoms with Gasteiger partial charge in [-0.15, -0.1) is 0 Å². The van der Waals surface area contributed by atoms with E-state index >= 15 is 0 Å². The van der Waals surface area contributed by atoms with E-state index in [0.717, 1.165) is 42.8 Å². The predicted octanol–water partition coefficient (Wildman–Crippen LogP) is 2.86. The maximum absolute atomic E-state index is 13.2. The Morgan fingerprint density at radius 2 is 1.97 bits per heavy atom. The zero-order valence-corrected chi connectivity index (χ0v) is 16.9. The van der Waals surface area contributed by atoms with Crippen LogP contribution in [0.15, 0.2) is 42.5 Å². The van der Waals surface area contributed by atoms with E-state index in [0.29, 0.717) is 24.1 Å². The number of benzene rings is 2. The number of aromatic nitrogens is 2. The highest BCUT2D eigenvalue weighted by atomic mass is 19.1. The van der Waals surface area contributed by atoms with Crippen LogP contribution >= 0.6 is 0 Å². The van der Waals surface area contributed by atoms with Crippen LogP contribution in [0.25, 0.3) is 11.0 Å². The topological polar surface area (TPSA) is 94.2 Å². The Kier molecular flexibility index (Phi) is 5.96. The SMILES string of the molecule is C[C@H](NCc1nc2ccc(Oc3ccc(F)cc3)cc2n1C1CCNCC1)C(N)=O. The molecule has 0 bridgehead atoms. The van der Waals surface area contributed by atoms with E-state index in [1.807, 2.05) is 18.2 Å². The van der Waals surface area contributed by atoms with Crippen molar-refractivity contribution in [3.63, 3.8) is 0 Å². The summed E-state index contributed by atoms with van der Waals surface area (Å²) >= 11 is 0. The van der Waals surface area contributed by atoms with Gasteiger partial charge in [-0.05, 0) is 69.3 Å². The molecule has 1 atom stereocenters. The molecule has 0 unspecified atom stereocenters. The normalized spacial score (nSPS) is 15.9. The Morgan fingerprint density at radius 1 is 1.27 bits per heavy atom. The van der Waals surface area contributed by atoms with Gasteiger partial charge >= 0.3 is 0 Å². The molecule has 1 amide bonds. The van der Waals surface area contributed by atoms with Crippen LogP contribution in [-0.2, 0) is 11.3 Å². The third-order valence-corrected chi connectivity index (χ3v) is 5.45. The monoisotopic (exact) mass is 411 g/mol. The summed E-state index contributed by atoms with van der Waals surface area (Å²) in [5.41, 5.74) is 7.22. The molecule has 1 aromatic heterocycles. The van der Waals surface area contributed by atoms with Crippen LogP contribution < -0.4 is 21.1 Å². The number of nitrogens with zero attached hydrogens (tertiary/aromatic N) is 2. The summed E-state index contributed by atoms with van der Waals surface area (Å²) in [4.78, 5) is 16.2. The Hall–Kier alpha value is -2.97. The fraction of sp³-hybridized carbons (Fsp3) is 0.364. The van der Waals surface area contributed by atoms with Gasteiger partial charge < -0.3 is 20.4 Å². The number of carbonyl (C=O) groups excluding carboxylic acids is 1. The van der Waals surface area contributed by atoms with E-state index in [9.17, 15) is 9.18 Å². The molecule has 3 aromatic rings. The quantitative estimate of drug-likeness (QED) is 0.556. The lowest BCUT2D eigenvalue weighted by atomic mass is 10.1. The van der Waals surface area contributed by atoms with Crippen molar-refractivity contribution in [2.24, 2.45) is 5.73 Å². The van der Waals surface area contributed by atoms with Crippen LogP contribution in [-0.4, -0.2) is 34.6 Å². The van der Waals surface area contributed by atoms with Crippen molar-refractivity contribution in [2.45, 2.75) is 38.4 Å². The molecule has 7 nitrogen and oxygen atoms in total. The minimum atomic E-state index is -0.441. The van der Waals surface area contributed by atoms with Crippen molar-refractivity contribution in [2.75, 3.05) is 13.1 Å². The maximum Gasteiger partial charge on any atom is 0.234 e. The highest BCUT2D eigenvalue weighted by Gasteiger charge is 2.22. The van der Waals surface area contributed by atoms with Crippen molar-refractivity contribution < 1.29 is 13.9 Å². The van der Waals surface area contributed by atoms with E-state index in [1.165, 1.54) is 12.1 Å². The molecular weight excluding hydrogens is 385 g/mol. The average Bonchev–Trinajstić information content (AvgIpc) is 3.11. The summed E-state index contributed by atoms with van der Waals surface area (Å²) in [5, 5.41) is 6.55. The van der Waals surface area contributed by atoms with Crippen molar-refractivity contribution in [1.29, 1.82) is 0 Å². The Morgan fingerprint density at radius 3 is 2.67 bits per heavy atom. The number of nitrogens with one attached hydrogen (secondary N) is 2. The zero-order valence-electron chi connectivity index (χ0n) is 16.9. The average molecular weight is 411 g/mol. The van der Waals surface area contributed by atoms with E-state index in [1.54, 1.807) is 19.1 Å². The molecule has 30 heavy (non-hydrogen) atoms. The Labute approximate surface area is 174 Å². The van der Waals surface area contributed by atoms with Gasteiger partial charge in [0.15, 0.2) is 0 Å². The molecule has 2 heterocycles. The molecule has 158 valence electrons. The number of amides is 1. The second-order valence-corrected chi connectivity index (χ2v) is 7.59. The van der Waals surface area contributed by atoms with E-state index in [-0.39, 0.29) is 5.82 Å². The van der Waals surface area contributed by atoms with Gasteiger partial charge in [0.05, 0.1) is 23.6 Å². The number of rotatable bonds is 7. The van der Waals surface area contributed by atoms with Gasteiger partial charge in [-0.3, -0.25) is 10.1 Å². The number of ether oxygens (including phenoxy) is 1. The smallest absolute Gasteiger partial charge is 0.234 e. The summed E-state index contributed by atoms with van der Waals surface area (Å²) in [5.74, 6) is 1.40. The summed E-state index contributed by atoms with van der Waals surface area (Å²) in [6.45, 7) is 4.08. The van der Waals surface area contributed by atoms with Crippen LogP contribution in [0.5, 0.6) is 11.5 Å². The number of halogens is 1. The van der Waals surface area contributed by atoms with Gasteiger partial charge in [-0.2, -0.15) is 0 Å². The number of hydrogen-bond acceptors (Lipinski definition) is 5.